The number of benzene rings is 1. The number of nitrogens with one attached hydrogen (secondary N) is 1. The van der Waals surface area contributed by atoms with Gasteiger partial charge in [-0.05, 0) is 50.8 Å². The third-order valence-electron chi connectivity index (χ3n) is 5.88. The molecule has 0 amide bonds. The maximum atomic E-state index is 11.6. The molecule has 0 saturated carbocycles. The van der Waals surface area contributed by atoms with Gasteiger partial charge >= 0.3 is 0 Å². The van der Waals surface area contributed by atoms with E-state index >= 15 is 0 Å². The minimum absolute atomic E-state index is 0.0859. The van der Waals surface area contributed by atoms with Gasteiger partial charge in [-0.1, -0.05) is 6.07 Å². The highest BCUT2D eigenvalue weighted by molar-refractivity contribution is 7.91. The van der Waals surface area contributed by atoms with Gasteiger partial charge in [-0.25, -0.2) is 13.4 Å². The molecular weight excluding hydrogens is 372 g/mol. The summed E-state index contributed by atoms with van der Waals surface area (Å²) in [4.78, 5) is 6.84. The molecule has 0 unspecified atom stereocenters. The van der Waals surface area contributed by atoms with E-state index in [-0.39, 0.29) is 11.8 Å². The summed E-state index contributed by atoms with van der Waals surface area (Å²) in [6.07, 6.45) is 6.82. The molecule has 1 atom stereocenters. The highest BCUT2D eigenvalue weighted by Gasteiger charge is 2.27. The molecule has 2 aromatic rings. The van der Waals surface area contributed by atoms with E-state index in [9.17, 15) is 8.42 Å². The van der Waals surface area contributed by atoms with Gasteiger partial charge in [-0.15, -0.1) is 0 Å². The number of nitrogens with zero attached hydrogens (tertiary/aromatic N) is 3. The molecular formula is C21H30N4O2S. The monoisotopic (exact) mass is 402 g/mol. The lowest BCUT2D eigenvalue weighted by Gasteiger charge is -2.35. The molecule has 1 N–H and O–H groups in total. The molecule has 0 aliphatic carbocycles. The van der Waals surface area contributed by atoms with E-state index in [2.05, 4.69) is 51.8 Å². The Morgan fingerprint density at radius 3 is 2.93 bits per heavy atom. The van der Waals surface area contributed by atoms with Crippen molar-refractivity contribution in [3.63, 3.8) is 0 Å². The van der Waals surface area contributed by atoms with Crippen LogP contribution in [-0.4, -0.2) is 54.6 Å². The Kier molecular flexibility index (Phi) is 5.47. The zero-order chi connectivity index (χ0) is 19.7. The summed E-state index contributed by atoms with van der Waals surface area (Å²) in [7, 11) is -2.84. The Morgan fingerprint density at radius 1 is 1.32 bits per heavy atom. The third-order valence-corrected chi connectivity index (χ3v) is 7.65. The first-order valence-electron chi connectivity index (χ1n) is 10.3. The van der Waals surface area contributed by atoms with Gasteiger partial charge in [-0.2, -0.15) is 0 Å². The van der Waals surface area contributed by atoms with Crippen LogP contribution in [0.3, 0.4) is 0 Å². The van der Waals surface area contributed by atoms with Gasteiger partial charge in [0.05, 0.1) is 29.7 Å². The molecule has 152 valence electrons. The van der Waals surface area contributed by atoms with E-state index in [1.807, 2.05) is 12.5 Å². The van der Waals surface area contributed by atoms with Crippen molar-refractivity contribution in [2.75, 3.05) is 29.5 Å². The van der Waals surface area contributed by atoms with Crippen molar-refractivity contribution in [3.8, 4) is 11.3 Å². The van der Waals surface area contributed by atoms with E-state index in [1.165, 1.54) is 23.2 Å². The number of aromatic nitrogens is 2. The molecule has 4 rings (SSSR count). The highest BCUT2D eigenvalue weighted by Crippen LogP contribution is 2.32. The molecule has 7 heteroatoms. The zero-order valence-electron chi connectivity index (χ0n) is 16.8. The number of imidazole rings is 1. The SMILES string of the molecule is CC(C)N1CCCc2cc(-c3cncn3CCN[C@H]3CCS(=O)(=O)C3)ccc21. The second-order valence-electron chi connectivity index (χ2n) is 8.26. The quantitative estimate of drug-likeness (QED) is 0.804. The molecule has 2 aliphatic heterocycles. The first-order chi connectivity index (χ1) is 13.4. The lowest BCUT2D eigenvalue weighted by molar-refractivity contribution is 0.521. The number of anilines is 1. The Morgan fingerprint density at radius 2 is 2.18 bits per heavy atom. The number of hydrogen-bond donors (Lipinski definition) is 1. The summed E-state index contributed by atoms with van der Waals surface area (Å²) < 4.78 is 25.3. The normalized spacial score (nSPS) is 21.2. The second kappa shape index (κ2) is 7.87. The van der Waals surface area contributed by atoms with Crippen LogP contribution in [-0.2, 0) is 22.8 Å². The average Bonchev–Trinajstić information content (AvgIpc) is 3.26. The van der Waals surface area contributed by atoms with Crippen LogP contribution in [0, 0.1) is 0 Å². The molecule has 0 spiro atoms. The summed E-state index contributed by atoms with van der Waals surface area (Å²) in [5.74, 6) is 0.574. The topological polar surface area (TPSA) is 67.2 Å². The molecule has 1 saturated heterocycles. The van der Waals surface area contributed by atoms with Gasteiger partial charge in [0, 0.05) is 43.0 Å². The van der Waals surface area contributed by atoms with Gasteiger partial charge in [-0.3, -0.25) is 0 Å². The van der Waals surface area contributed by atoms with Crippen molar-refractivity contribution in [2.24, 2.45) is 0 Å². The van der Waals surface area contributed by atoms with E-state index in [0.717, 1.165) is 38.2 Å². The molecule has 28 heavy (non-hydrogen) atoms. The predicted molar refractivity (Wildman–Crippen MR) is 114 cm³/mol. The zero-order valence-corrected chi connectivity index (χ0v) is 17.6. The maximum Gasteiger partial charge on any atom is 0.151 e. The summed E-state index contributed by atoms with van der Waals surface area (Å²) in [5.41, 5.74) is 5.09. The molecule has 6 nitrogen and oxygen atoms in total. The van der Waals surface area contributed by atoms with Crippen LogP contribution in [0.2, 0.25) is 0 Å². The van der Waals surface area contributed by atoms with Gasteiger partial charge in [0.1, 0.15) is 0 Å². The Hall–Kier alpha value is -1.86. The van der Waals surface area contributed by atoms with Gasteiger partial charge in [0.15, 0.2) is 9.84 Å². The van der Waals surface area contributed by atoms with Crippen LogP contribution in [0.4, 0.5) is 5.69 Å². The number of fused-ring (bicyclic) bond motifs is 1. The van der Waals surface area contributed by atoms with Crippen molar-refractivity contribution >= 4 is 15.5 Å². The highest BCUT2D eigenvalue weighted by atomic mass is 32.2. The first kappa shape index (κ1) is 19.5. The largest absolute Gasteiger partial charge is 0.369 e. The third kappa shape index (κ3) is 4.10. The number of hydrogen-bond acceptors (Lipinski definition) is 5. The van der Waals surface area contributed by atoms with Crippen LogP contribution in [0.25, 0.3) is 11.3 Å². The van der Waals surface area contributed by atoms with Gasteiger partial charge in [0.25, 0.3) is 0 Å². The van der Waals surface area contributed by atoms with Crippen molar-refractivity contribution in [3.05, 3.63) is 36.3 Å². The Labute approximate surface area is 167 Å². The molecule has 0 bridgehead atoms. The predicted octanol–water partition coefficient (Wildman–Crippen LogP) is 2.49. The summed E-state index contributed by atoms with van der Waals surface area (Å²) in [6.45, 7) is 7.16. The standard InChI is InChI=1S/C21H30N4O2S/c1-16(2)25-9-3-4-17-12-18(5-6-20(17)25)21-13-22-15-24(21)10-8-23-19-7-11-28(26,27)14-19/h5-6,12-13,15-16,19,23H,3-4,7-11,14H2,1-2H3/t19-/m0/s1. The van der Waals surface area contributed by atoms with E-state index in [0.29, 0.717) is 11.8 Å². The lowest BCUT2D eigenvalue weighted by Crippen LogP contribution is -2.35. The van der Waals surface area contributed by atoms with Crippen LogP contribution in [0.5, 0.6) is 0 Å². The molecule has 1 fully saturated rings. The van der Waals surface area contributed by atoms with Crippen molar-refractivity contribution in [1.29, 1.82) is 0 Å². The molecule has 1 aromatic heterocycles. The van der Waals surface area contributed by atoms with Crippen LogP contribution in [0.1, 0.15) is 32.3 Å². The Balaban J connectivity index is 1.45. The summed E-state index contributed by atoms with van der Waals surface area (Å²) >= 11 is 0. The van der Waals surface area contributed by atoms with Crippen LogP contribution >= 0.6 is 0 Å². The molecule has 0 radical (unpaired) electrons. The minimum atomic E-state index is -2.84. The van der Waals surface area contributed by atoms with Gasteiger partial charge in [0.2, 0.25) is 0 Å². The fourth-order valence-electron chi connectivity index (χ4n) is 4.41. The summed E-state index contributed by atoms with van der Waals surface area (Å²) in [6, 6.07) is 7.37. The molecule has 2 aliphatic rings. The second-order valence-corrected chi connectivity index (χ2v) is 10.5. The van der Waals surface area contributed by atoms with Crippen molar-refractivity contribution in [2.45, 2.75) is 51.7 Å². The van der Waals surface area contributed by atoms with Crippen LogP contribution in [0.15, 0.2) is 30.7 Å². The maximum absolute atomic E-state index is 11.6. The average molecular weight is 403 g/mol. The van der Waals surface area contributed by atoms with E-state index < -0.39 is 9.84 Å². The first-order valence-corrected chi connectivity index (χ1v) is 12.1. The van der Waals surface area contributed by atoms with Crippen molar-refractivity contribution < 1.29 is 8.42 Å². The smallest absolute Gasteiger partial charge is 0.151 e. The fourth-order valence-corrected chi connectivity index (χ4v) is 6.11. The molecule has 3 heterocycles. The van der Waals surface area contributed by atoms with E-state index in [4.69, 9.17) is 0 Å². The molecule has 1 aromatic carbocycles. The number of sulfone groups is 1. The number of rotatable bonds is 6. The lowest BCUT2D eigenvalue weighted by atomic mass is 9.97. The van der Waals surface area contributed by atoms with E-state index in [1.54, 1.807) is 0 Å². The fraction of sp³-hybridized carbons (Fsp3) is 0.571. The Bertz CT molecular complexity index is 936. The van der Waals surface area contributed by atoms with Gasteiger partial charge < -0.3 is 14.8 Å². The van der Waals surface area contributed by atoms with Crippen molar-refractivity contribution in [1.82, 2.24) is 14.9 Å². The van der Waals surface area contributed by atoms with Crippen LogP contribution < -0.4 is 10.2 Å². The minimum Gasteiger partial charge on any atom is -0.369 e. The summed E-state index contributed by atoms with van der Waals surface area (Å²) in [5, 5.41) is 3.39. The number of aryl methyl sites for hydroxylation is 1.